The third-order valence-electron chi connectivity index (χ3n) is 2.88. The predicted molar refractivity (Wildman–Crippen MR) is 72.6 cm³/mol. The van der Waals surface area contributed by atoms with Gasteiger partial charge in [-0.3, -0.25) is 4.79 Å². The maximum Gasteiger partial charge on any atom is 0.312 e. The molecule has 5 nitrogen and oxygen atoms in total. The van der Waals surface area contributed by atoms with Crippen LogP contribution in [0.5, 0.6) is 0 Å². The van der Waals surface area contributed by atoms with E-state index in [0.717, 1.165) is 13.1 Å². The molecule has 0 aliphatic carbocycles. The van der Waals surface area contributed by atoms with Crippen LogP contribution in [0.2, 0.25) is 0 Å². The van der Waals surface area contributed by atoms with Crippen LogP contribution in [0.3, 0.4) is 0 Å². The number of hydrogen-bond acceptors (Lipinski definition) is 5. The molecule has 1 atom stereocenters. The first-order valence-corrected chi connectivity index (χ1v) is 7.12. The average Bonchev–Trinajstić information content (AvgIpc) is 2.79. The maximum atomic E-state index is 11.9. The Kier molecular flexibility index (Phi) is 6.75. The molecule has 19 heavy (non-hydrogen) atoms. The normalized spacial score (nSPS) is 18.5. The molecule has 1 aliphatic heterocycles. The van der Waals surface area contributed by atoms with E-state index in [4.69, 9.17) is 14.5 Å². The van der Waals surface area contributed by atoms with Crippen LogP contribution in [0.25, 0.3) is 0 Å². The zero-order chi connectivity index (χ0) is 14.3. The summed E-state index contributed by atoms with van der Waals surface area (Å²) in [5.41, 5.74) is -0.368. The summed E-state index contributed by atoms with van der Waals surface area (Å²) in [5.74, 6) is -0.479. The SMILES string of the molecule is CCOC(=O)C(COOC(C)(C)C)CN1CCCC1. The molecule has 1 fully saturated rings. The Morgan fingerprint density at radius 2 is 1.89 bits per heavy atom. The smallest absolute Gasteiger partial charge is 0.312 e. The van der Waals surface area contributed by atoms with Crippen LogP contribution in [0.1, 0.15) is 40.5 Å². The molecule has 0 amide bonds. The monoisotopic (exact) mass is 273 g/mol. The van der Waals surface area contributed by atoms with E-state index in [1.54, 1.807) is 0 Å². The predicted octanol–water partition coefficient (Wildman–Crippen LogP) is 2.01. The van der Waals surface area contributed by atoms with Crippen molar-refractivity contribution in [1.29, 1.82) is 0 Å². The zero-order valence-corrected chi connectivity index (χ0v) is 12.6. The number of likely N-dealkylation sites (tertiary alicyclic amines) is 1. The molecule has 0 radical (unpaired) electrons. The fourth-order valence-electron chi connectivity index (χ4n) is 2.03. The van der Waals surface area contributed by atoms with Gasteiger partial charge in [0.05, 0.1) is 24.7 Å². The molecule has 5 heteroatoms. The highest BCUT2D eigenvalue weighted by atomic mass is 17.2. The molecule has 1 aliphatic rings. The molecule has 0 spiro atoms. The van der Waals surface area contributed by atoms with Gasteiger partial charge in [-0.15, -0.1) is 0 Å². The van der Waals surface area contributed by atoms with Gasteiger partial charge in [0.25, 0.3) is 0 Å². The average molecular weight is 273 g/mol. The molecule has 0 saturated carbocycles. The second-order valence-corrected chi connectivity index (χ2v) is 5.94. The topological polar surface area (TPSA) is 48.0 Å². The second-order valence-electron chi connectivity index (χ2n) is 5.94. The number of nitrogens with zero attached hydrogens (tertiary/aromatic N) is 1. The van der Waals surface area contributed by atoms with Crippen molar-refractivity contribution in [2.24, 2.45) is 5.92 Å². The quantitative estimate of drug-likeness (QED) is 0.403. The van der Waals surface area contributed by atoms with Crippen LogP contribution in [-0.4, -0.2) is 49.3 Å². The molecule has 1 saturated heterocycles. The van der Waals surface area contributed by atoms with Crippen LogP contribution in [0, 0.1) is 5.92 Å². The minimum absolute atomic E-state index is 0.202. The van der Waals surface area contributed by atoms with Crippen LogP contribution in [0.15, 0.2) is 0 Å². The van der Waals surface area contributed by atoms with Crippen molar-refractivity contribution >= 4 is 5.97 Å². The van der Waals surface area contributed by atoms with Gasteiger partial charge in [-0.25, -0.2) is 9.78 Å². The van der Waals surface area contributed by atoms with Gasteiger partial charge >= 0.3 is 5.97 Å². The van der Waals surface area contributed by atoms with E-state index in [1.165, 1.54) is 12.8 Å². The van der Waals surface area contributed by atoms with E-state index in [0.29, 0.717) is 13.2 Å². The Hall–Kier alpha value is -0.650. The largest absolute Gasteiger partial charge is 0.466 e. The van der Waals surface area contributed by atoms with Crippen molar-refractivity contribution < 1.29 is 19.3 Å². The zero-order valence-electron chi connectivity index (χ0n) is 12.6. The van der Waals surface area contributed by atoms with Gasteiger partial charge < -0.3 is 9.64 Å². The first kappa shape index (κ1) is 16.4. The van der Waals surface area contributed by atoms with E-state index >= 15 is 0 Å². The van der Waals surface area contributed by atoms with Gasteiger partial charge in [0.15, 0.2) is 0 Å². The lowest BCUT2D eigenvalue weighted by atomic mass is 10.1. The summed E-state index contributed by atoms with van der Waals surface area (Å²) in [7, 11) is 0. The lowest BCUT2D eigenvalue weighted by Gasteiger charge is -2.23. The van der Waals surface area contributed by atoms with Crippen molar-refractivity contribution in [3.8, 4) is 0 Å². The fourth-order valence-corrected chi connectivity index (χ4v) is 2.03. The molecule has 1 heterocycles. The Morgan fingerprint density at radius 3 is 2.42 bits per heavy atom. The number of hydrogen-bond donors (Lipinski definition) is 0. The Morgan fingerprint density at radius 1 is 1.26 bits per heavy atom. The first-order valence-electron chi connectivity index (χ1n) is 7.12. The van der Waals surface area contributed by atoms with Crippen LogP contribution in [-0.2, 0) is 19.3 Å². The molecule has 112 valence electrons. The summed E-state index contributed by atoms with van der Waals surface area (Å²) in [6.07, 6.45) is 2.41. The number of carbonyl (C=O) groups excluding carboxylic acids is 1. The van der Waals surface area contributed by atoms with Gasteiger partial charge in [-0.2, -0.15) is 0 Å². The molecule has 1 rings (SSSR count). The standard InChI is InChI=1S/C14H27NO4/c1-5-17-13(16)12(10-15-8-6-7-9-15)11-18-19-14(2,3)4/h12H,5-11H2,1-4H3. The molecule has 0 bridgehead atoms. The minimum Gasteiger partial charge on any atom is -0.466 e. The van der Waals surface area contributed by atoms with Crippen LogP contribution >= 0.6 is 0 Å². The third-order valence-corrected chi connectivity index (χ3v) is 2.88. The van der Waals surface area contributed by atoms with E-state index < -0.39 is 0 Å². The van der Waals surface area contributed by atoms with Gasteiger partial charge in [0, 0.05) is 6.54 Å². The van der Waals surface area contributed by atoms with Gasteiger partial charge in [-0.05, 0) is 53.6 Å². The summed E-state index contributed by atoms with van der Waals surface area (Å²) in [5, 5.41) is 0. The molecule has 0 aromatic heterocycles. The summed E-state index contributed by atoms with van der Waals surface area (Å²) in [6.45, 7) is 11.0. The van der Waals surface area contributed by atoms with Crippen molar-refractivity contribution in [2.45, 2.75) is 46.1 Å². The van der Waals surface area contributed by atoms with Crippen molar-refractivity contribution in [2.75, 3.05) is 32.8 Å². The summed E-state index contributed by atoms with van der Waals surface area (Å²) in [4.78, 5) is 24.6. The molecule has 1 unspecified atom stereocenters. The number of ether oxygens (including phenoxy) is 1. The summed E-state index contributed by atoms with van der Waals surface area (Å²) >= 11 is 0. The number of rotatable bonds is 7. The van der Waals surface area contributed by atoms with Crippen molar-refractivity contribution in [1.82, 2.24) is 4.90 Å². The molecule has 0 aromatic rings. The molecule has 0 aromatic carbocycles. The van der Waals surface area contributed by atoms with Crippen LogP contribution < -0.4 is 0 Å². The molecular formula is C14H27NO4. The first-order chi connectivity index (χ1) is 8.92. The lowest BCUT2D eigenvalue weighted by molar-refractivity contribution is -0.353. The van der Waals surface area contributed by atoms with E-state index in [1.807, 2.05) is 27.7 Å². The molecule has 0 N–H and O–H groups in total. The van der Waals surface area contributed by atoms with E-state index in [9.17, 15) is 4.79 Å². The maximum absolute atomic E-state index is 11.9. The van der Waals surface area contributed by atoms with Crippen LogP contribution in [0.4, 0.5) is 0 Å². The highest BCUT2D eigenvalue weighted by Crippen LogP contribution is 2.14. The van der Waals surface area contributed by atoms with Gasteiger partial charge in [0.1, 0.15) is 0 Å². The number of carbonyl (C=O) groups is 1. The van der Waals surface area contributed by atoms with Gasteiger partial charge in [-0.1, -0.05) is 0 Å². The second kappa shape index (κ2) is 7.82. The summed E-state index contributed by atoms with van der Waals surface area (Å²) in [6, 6.07) is 0. The van der Waals surface area contributed by atoms with Gasteiger partial charge in [0.2, 0.25) is 0 Å². The summed E-state index contributed by atoms with van der Waals surface area (Å²) < 4.78 is 5.10. The highest BCUT2D eigenvalue weighted by molar-refractivity contribution is 5.72. The minimum atomic E-state index is -0.368. The fraction of sp³-hybridized carbons (Fsp3) is 0.929. The third kappa shape index (κ3) is 6.89. The Bertz CT molecular complexity index is 269. The van der Waals surface area contributed by atoms with E-state index in [-0.39, 0.29) is 24.1 Å². The van der Waals surface area contributed by atoms with Crippen molar-refractivity contribution in [3.63, 3.8) is 0 Å². The Labute approximate surface area is 116 Å². The highest BCUT2D eigenvalue weighted by Gasteiger charge is 2.26. The molecular weight excluding hydrogens is 246 g/mol. The number of esters is 1. The van der Waals surface area contributed by atoms with Crippen molar-refractivity contribution in [3.05, 3.63) is 0 Å². The lowest BCUT2D eigenvalue weighted by Crippen LogP contribution is -2.36. The Balaban J connectivity index is 2.41. The van der Waals surface area contributed by atoms with E-state index in [2.05, 4.69) is 4.90 Å².